The molecule has 3 rings (SSSR count). The summed E-state index contributed by atoms with van der Waals surface area (Å²) in [4.78, 5) is 45.1. The molecule has 2 saturated heterocycles. The van der Waals surface area contributed by atoms with Gasteiger partial charge >= 0.3 is 6.09 Å². The van der Waals surface area contributed by atoms with Crippen molar-refractivity contribution in [3.63, 3.8) is 0 Å². The molecule has 4 atom stereocenters. The van der Waals surface area contributed by atoms with Crippen LogP contribution in [0.4, 0.5) is 4.79 Å². The van der Waals surface area contributed by atoms with Crippen LogP contribution in [0.3, 0.4) is 0 Å². The molecule has 0 bridgehead atoms. The largest absolute Gasteiger partial charge is 0.444 e. The molecule has 10 nitrogen and oxygen atoms in total. The van der Waals surface area contributed by atoms with Gasteiger partial charge in [-0.05, 0) is 46.1 Å². The first-order valence-electron chi connectivity index (χ1n) is 11.2. The molecule has 1 aromatic carbocycles. The zero-order valence-electron chi connectivity index (χ0n) is 19.6. The first kappa shape index (κ1) is 24.9. The fraction of sp³-hybridized carbons (Fsp3) is 0.609. The van der Waals surface area contributed by atoms with Gasteiger partial charge in [-0.3, -0.25) is 19.3 Å². The second kappa shape index (κ2) is 9.66. The van der Waals surface area contributed by atoms with Crippen molar-refractivity contribution in [1.82, 2.24) is 15.3 Å². The predicted molar refractivity (Wildman–Crippen MR) is 119 cm³/mol. The zero-order valence-corrected chi connectivity index (χ0v) is 19.6. The number of carbonyl (C=O) groups is 3. The van der Waals surface area contributed by atoms with E-state index >= 15 is 0 Å². The molecule has 0 aromatic heterocycles. The molecule has 2 aliphatic rings. The average molecular weight is 463 g/mol. The molecular formula is C23H34N4O6. The molecule has 1 spiro atoms. The lowest BCUT2D eigenvalue weighted by Crippen LogP contribution is -2.74. The summed E-state index contributed by atoms with van der Waals surface area (Å²) in [5.41, 5.74) is 4.50. The van der Waals surface area contributed by atoms with Gasteiger partial charge in [0.15, 0.2) is 0 Å². The molecule has 182 valence electrons. The number of nitrogens with one attached hydrogen (secondary N) is 1. The third-order valence-electron chi connectivity index (χ3n) is 5.93. The van der Waals surface area contributed by atoms with Gasteiger partial charge in [0.2, 0.25) is 5.91 Å². The lowest BCUT2D eigenvalue weighted by molar-refractivity contribution is -0.241. The summed E-state index contributed by atoms with van der Waals surface area (Å²) >= 11 is 0. The minimum atomic E-state index is -1.06. The van der Waals surface area contributed by atoms with Crippen LogP contribution in [0.25, 0.3) is 0 Å². The first-order chi connectivity index (χ1) is 15.4. The Bertz CT molecular complexity index is 871. The Morgan fingerprint density at radius 2 is 1.97 bits per heavy atom. The topological polar surface area (TPSA) is 134 Å². The van der Waals surface area contributed by atoms with Crippen molar-refractivity contribution < 1.29 is 29.1 Å². The maximum atomic E-state index is 13.2. The van der Waals surface area contributed by atoms with E-state index in [0.717, 1.165) is 5.56 Å². The van der Waals surface area contributed by atoms with E-state index in [-0.39, 0.29) is 25.6 Å². The molecular weight excluding hydrogens is 428 g/mol. The average Bonchev–Trinajstić information content (AvgIpc) is 3.11. The van der Waals surface area contributed by atoms with Gasteiger partial charge in [0.25, 0.3) is 5.91 Å². The number of ether oxygens (including phenoxy) is 1. The van der Waals surface area contributed by atoms with Crippen LogP contribution in [0.5, 0.6) is 0 Å². The standard InChI is InChI=1S/C23H34N4O6/c1-15(28)18(19(24)29)25-12-17-10-11-23(27(17)21(31)33-22(2,3)4)14-26(20(23)30)32-13-16-8-6-5-7-9-16/h5-9,15,17-18,25,28H,10-14H2,1-4H3,(H2,24,29)/t15-,17?,18+,23?/m1/s1. The maximum Gasteiger partial charge on any atom is 0.411 e. The van der Waals surface area contributed by atoms with Crippen LogP contribution >= 0.6 is 0 Å². The number of hydroxylamine groups is 2. The Labute approximate surface area is 193 Å². The molecule has 33 heavy (non-hydrogen) atoms. The van der Waals surface area contributed by atoms with Gasteiger partial charge in [0.1, 0.15) is 23.8 Å². The van der Waals surface area contributed by atoms with Gasteiger partial charge in [-0.15, -0.1) is 0 Å². The van der Waals surface area contributed by atoms with Crippen LogP contribution in [0.15, 0.2) is 30.3 Å². The maximum absolute atomic E-state index is 13.2. The highest BCUT2D eigenvalue weighted by molar-refractivity contribution is 5.95. The minimum Gasteiger partial charge on any atom is -0.444 e. The summed E-state index contributed by atoms with van der Waals surface area (Å²) in [6, 6.07) is 8.11. The number of primary amides is 1. The van der Waals surface area contributed by atoms with Gasteiger partial charge in [0, 0.05) is 12.6 Å². The van der Waals surface area contributed by atoms with Gasteiger partial charge in [-0.2, -0.15) is 0 Å². The number of nitrogens with zero attached hydrogens (tertiary/aromatic N) is 2. The summed E-state index contributed by atoms with van der Waals surface area (Å²) in [6.45, 7) is 7.39. The second-order valence-corrected chi connectivity index (χ2v) is 9.70. The Hall–Kier alpha value is -2.69. The summed E-state index contributed by atoms with van der Waals surface area (Å²) in [5, 5.41) is 14.0. The summed E-state index contributed by atoms with van der Waals surface area (Å²) in [5.74, 6) is -0.990. The van der Waals surface area contributed by atoms with Gasteiger partial charge in [-0.1, -0.05) is 30.3 Å². The third kappa shape index (κ3) is 5.45. The number of carbonyl (C=O) groups excluding carboxylic acids is 3. The molecule has 1 aromatic rings. The van der Waals surface area contributed by atoms with E-state index in [0.29, 0.717) is 12.8 Å². The summed E-state index contributed by atoms with van der Waals surface area (Å²) in [7, 11) is 0. The van der Waals surface area contributed by atoms with Crippen LogP contribution in [-0.4, -0.2) is 75.4 Å². The molecule has 0 saturated carbocycles. The monoisotopic (exact) mass is 462 g/mol. The lowest BCUT2D eigenvalue weighted by atomic mass is 9.88. The van der Waals surface area contributed by atoms with E-state index in [2.05, 4.69) is 5.32 Å². The number of benzene rings is 1. The predicted octanol–water partition coefficient (Wildman–Crippen LogP) is 0.923. The third-order valence-corrected chi connectivity index (χ3v) is 5.93. The highest BCUT2D eigenvalue weighted by Crippen LogP contribution is 2.43. The number of aliphatic hydroxyl groups excluding tert-OH is 1. The van der Waals surface area contributed by atoms with Crippen LogP contribution in [0.1, 0.15) is 46.1 Å². The number of hydrogen-bond donors (Lipinski definition) is 3. The molecule has 2 fully saturated rings. The van der Waals surface area contributed by atoms with Crippen molar-refractivity contribution in [3.8, 4) is 0 Å². The van der Waals surface area contributed by atoms with Gasteiger partial charge < -0.3 is 20.9 Å². The zero-order chi connectivity index (χ0) is 24.4. The summed E-state index contributed by atoms with van der Waals surface area (Å²) in [6.07, 6.45) is -0.635. The van der Waals surface area contributed by atoms with E-state index in [1.54, 1.807) is 20.8 Å². The smallest absolute Gasteiger partial charge is 0.411 e. The number of β-lactam (4-membered cyclic amide) rings is 1. The van der Waals surface area contributed by atoms with Gasteiger partial charge in [0.05, 0.1) is 12.6 Å². The number of nitrogens with two attached hydrogens (primary N) is 1. The second-order valence-electron chi connectivity index (χ2n) is 9.70. The number of rotatable bonds is 8. The van der Waals surface area contributed by atoms with Crippen molar-refractivity contribution in [2.24, 2.45) is 5.73 Å². The van der Waals surface area contributed by atoms with Gasteiger partial charge in [-0.25, -0.2) is 9.86 Å². The molecule has 10 heteroatoms. The lowest BCUT2D eigenvalue weighted by Gasteiger charge is -2.50. The fourth-order valence-corrected chi connectivity index (χ4v) is 4.32. The van der Waals surface area contributed by atoms with Crippen LogP contribution in [0.2, 0.25) is 0 Å². The molecule has 4 N–H and O–H groups in total. The Morgan fingerprint density at radius 1 is 1.30 bits per heavy atom. The SMILES string of the molecule is C[C@@H](O)[C@H](NCC1CCC2(CN(OCc3ccccc3)C2=O)N1C(=O)OC(C)(C)C)C(N)=O. The van der Waals surface area contributed by atoms with Crippen molar-refractivity contribution >= 4 is 17.9 Å². The van der Waals surface area contributed by atoms with E-state index in [4.69, 9.17) is 15.3 Å². The Morgan fingerprint density at radius 3 is 2.52 bits per heavy atom. The normalized spacial score (nSPS) is 24.5. The molecule has 2 unspecified atom stereocenters. The minimum absolute atomic E-state index is 0.178. The van der Waals surface area contributed by atoms with E-state index in [1.807, 2.05) is 30.3 Å². The van der Waals surface area contributed by atoms with Crippen molar-refractivity contribution in [1.29, 1.82) is 0 Å². The van der Waals surface area contributed by atoms with E-state index < -0.39 is 41.3 Å². The van der Waals surface area contributed by atoms with Crippen LogP contribution in [-0.2, 0) is 25.8 Å². The van der Waals surface area contributed by atoms with Crippen LogP contribution in [0, 0.1) is 0 Å². The molecule has 2 heterocycles. The molecule has 3 amide bonds. The summed E-state index contributed by atoms with van der Waals surface area (Å²) < 4.78 is 5.60. The van der Waals surface area contributed by atoms with Crippen molar-refractivity contribution in [2.45, 2.75) is 76.5 Å². The quantitative estimate of drug-likeness (QED) is 0.489. The number of amides is 3. The highest BCUT2D eigenvalue weighted by atomic mass is 16.7. The van der Waals surface area contributed by atoms with Crippen molar-refractivity contribution in [3.05, 3.63) is 35.9 Å². The van der Waals surface area contributed by atoms with Crippen molar-refractivity contribution in [2.75, 3.05) is 13.1 Å². The number of likely N-dealkylation sites (tertiary alicyclic amines) is 1. The first-order valence-corrected chi connectivity index (χ1v) is 11.2. The Balaban J connectivity index is 1.73. The molecule has 0 radical (unpaired) electrons. The Kier molecular flexibility index (Phi) is 7.30. The van der Waals surface area contributed by atoms with E-state index in [1.165, 1.54) is 16.9 Å². The fourth-order valence-electron chi connectivity index (χ4n) is 4.32. The number of aliphatic hydroxyl groups is 1. The van der Waals surface area contributed by atoms with E-state index in [9.17, 15) is 19.5 Å². The molecule has 2 aliphatic heterocycles. The number of hydrogen-bond acceptors (Lipinski definition) is 7. The van der Waals surface area contributed by atoms with Crippen LogP contribution < -0.4 is 11.1 Å². The highest BCUT2D eigenvalue weighted by Gasteiger charge is 2.64. The molecule has 0 aliphatic carbocycles.